The first kappa shape index (κ1) is 19.7. The van der Waals surface area contributed by atoms with E-state index in [9.17, 15) is 9.59 Å². The highest BCUT2D eigenvalue weighted by molar-refractivity contribution is 5.92. The van der Waals surface area contributed by atoms with E-state index in [2.05, 4.69) is 10.4 Å². The Balaban J connectivity index is 1.62. The highest BCUT2D eigenvalue weighted by Crippen LogP contribution is 2.18. The number of aromatic nitrogens is 2. The van der Waals surface area contributed by atoms with Gasteiger partial charge in [-0.15, -0.1) is 0 Å². The van der Waals surface area contributed by atoms with Crippen molar-refractivity contribution in [1.29, 1.82) is 0 Å². The maximum Gasteiger partial charge on any atom is 0.409 e. The van der Waals surface area contributed by atoms with E-state index in [1.54, 1.807) is 29.7 Å². The van der Waals surface area contributed by atoms with E-state index >= 15 is 0 Å². The van der Waals surface area contributed by atoms with Gasteiger partial charge in [0, 0.05) is 30.9 Å². The molecule has 8 heteroatoms. The number of likely N-dealkylation sites (tertiary alicyclic amines) is 1. The zero-order valence-electron chi connectivity index (χ0n) is 16.5. The number of ether oxygens (including phenoxy) is 2. The molecule has 0 spiro atoms. The first-order chi connectivity index (χ1) is 13.5. The molecule has 1 aliphatic rings. The van der Waals surface area contributed by atoms with Crippen LogP contribution in [0.2, 0.25) is 0 Å². The van der Waals surface area contributed by atoms with Crippen molar-refractivity contribution in [2.75, 3.05) is 26.8 Å². The van der Waals surface area contributed by atoms with Crippen LogP contribution in [0.25, 0.3) is 5.69 Å². The van der Waals surface area contributed by atoms with Crippen LogP contribution in [-0.2, 0) is 4.74 Å². The number of piperidine rings is 1. The summed E-state index contributed by atoms with van der Waals surface area (Å²) in [6.07, 6.45) is 1.10. The lowest BCUT2D eigenvalue weighted by molar-refractivity contribution is 0.0856. The van der Waals surface area contributed by atoms with Crippen molar-refractivity contribution < 1.29 is 19.1 Å². The Kier molecular flexibility index (Phi) is 6.18. The van der Waals surface area contributed by atoms with Crippen molar-refractivity contribution in [2.45, 2.75) is 32.7 Å². The van der Waals surface area contributed by atoms with E-state index < -0.39 is 0 Å². The van der Waals surface area contributed by atoms with Gasteiger partial charge in [-0.25, -0.2) is 9.48 Å². The Bertz CT molecular complexity index is 840. The fourth-order valence-electron chi connectivity index (χ4n) is 3.27. The minimum Gasteiger partial charge on any atom is -0.497 e. The van der Waals surface area contributed by atoms with Crippen LogP contribution in [-0.4, -0.2) is 59.5 Å². The molecule has 1 aliphatic heterocycles. The van der Waals surface area contributed by atoms with Crippen LogP contribution in [0.4, 0.5) is 4.79 Å². The molecular formula is C20H26N4O4. The second kappa shape index (κ2) is 8.77. The van der Waals surface area contributed by atoms with Crippen molar-refractivity contribution in [3.63, 3.8) is 0 Å². The molecule has 28 heavy (non-hydrogen) atoms. The molecule has 1 aromatic carbocycles. The van der Waals surface area contributed by atoms with Gasteiger partial charge in [-0.3, -0.25) is 4.79 Å². The number of hydrogen-bond acceptors (Lipinski definition) is 5. The van der Waals surface area contributed by atoms with E-state index in [4.69, 9.17) is 9.47 Å². The highest BCUT2D eigenvalue weighted by atomic mass is 16.6. The molecule has 0 atom stereocenters. The fraction of sp³-hybridized carbons (Fsp3) is 0.450. The number of methoxy groups -OCH3 is 1. The maximum atomic E-state index is 12.6. The van der Waals surface area contributed by atoms with Gasteiger partial charge in [-0.05, 0) is 44.9 Å². The molecule has 1 saturated heterocycles. The van der Waals surface area contributed by atoms with E-state index in [1.807, 2.05) is 31.2 Å². The van der Waals surface area contributed by atoms with E-state index in [-0.39, 0.29) is 18.0 Å². The lowest BCUT2D eigenvalue weighted by atomic mass is 10.1. The minimum atomic E-state index is -0.292. The summed E-state index contributed by atoms with van der Waals surface area (Å²) in [6.45, 7) is 5.20. The predicted molar refractivity (Wildman–Crippen MR) is 104 cm³/mol. The minimum absolute atomic E-state index is 0.0143. The lowest BCUT2D eigenvalue weighted by Gasteiger charge is -2.31. The molecule has 150 valence electrons. The summed E-state index contributed by atoms with van der Waals surface area (Å²) in [5.74, 6) is 0.520. The summed E-state index contributed by atoms with van der Waals surface area (Å²) in [7, 11) is 1.61. The van der Waals surface area contributed by atoms with Crippen LogP contribution in [0.15, 0.2) is 30.3 Å². The van der Waals surface area contributed by atoms with Crippen LogP contribution >= 0.6 is 0 Å². The lowest BCUT2D eigenvalue weighted by Crippen LogP contribution is -2.46. The summed E-state index contributed by atoms with van der Waals surface area (Å²) in [6, 6.07) is 9.30. The Morgan fingerprint density at radius 2 is 2.00 bits per heavy atom. The second-order valence-electron chi connectivity index (χ2n) is 6.72. The van der Waals surface area contributed by atoms with Gasteiger partial charge in [0.1, 0.15) is 5.75 Å². The molecular weight excluding hydrogens is 360 g/mol. The van der Waals surface area contributed by atoms with Gasteiger partial charge < -0.3 is 19.7 Å². The zero-order chi connectivity index (χ0) is 20.1. The third kappa shape index (κ3) is 4.44. The van der Waals surface area contributed by atoms with Gasteiger partial charge in [-0.1, -0.05) is 6.07 Å². The molecule has 0 saturated carbocycles. The smallest absolute Gasteiger partial charge is 0.409 e. The third-order valence-electron chi connectivity index (χ3n) is 4.77. The Labute approximate surface area is 164 Å². The molecule has 1 aromatic heterocycles. The molecule has 1 N–H and O–H groups in total. The number of hydrogen-bond donors (Lipinski definition) is 1. The Hall–Kier alpha value is -3.03. The van der Waals surface area contributed by atoms with Crippen LogP contribution in [0.5, 0.6) is 5.75 Å². The van der Waals surface area contributed by atoms with Gasteiger partial charge in [0.2, 0.25) is 0 Å². The average molecular weight is 386 g/mol. The first-order valence-electron chi connectivity index (χ1n) is 9.45. The number of benzene rings is 1. The summed E-state index contributed by atoms with van der Waals surface area (Å²) in [5, 5.41) is 7.48. The fourth-order valence-corrected chi connectivity index (χ4v) is 3.27. The summed E-state index contributed by atoms with van der Waals surface area (Å²) in [4.78, 5) is 26.1. The van der Waals surface area contributed by atoms with Crippen LogP contribution in [0.1, 0.15) is 35.9 Å². The molecule has 8 nitrogen and oxygen atoms in total. The zero-order valence-corrected chi connectivity index (χ0v) is 16.5. The van der Waals surface area contributed by atoms with Crippen molar-refractivity contribution in [2.24, 2.45) is 0 Å². The number of carbonyl (C=O) groups excluding carboxylic acids is 2. The number of amides is 2. The van der Waals surface area contributed by atoms with E-state index in [0.29, 0.717) is 38.2 Å². The predicted octanol–water partition coefficient (Wildman–Crippen LogP) is 2.54. The van der Waals surface area contributed by atoms with Gasteiger partial charge in [0.05, 0.1) is 19.4 Å². The van der Waals surface area contributed by atoms with Gasteiger partial charge in [0.25, 0.3) is 5.91 Å². The average Bonchev–Trinajstić information content (AvgIpc) is 3.10. The van der Waals surface area contributed by atoms with Crippen LogP contribution < -0.4 is 10.1 Å². The van der Waals surface area contributed by atoms with E-state index in [1.165, 1.54) is 0 Å². The Morgan fingerprint density at radius 1 is 1.25 bits per heavy atom. The molecule has 2 aromatic rings. The van der Waals surface area contributed by atoms with E-state index in [0.717, 1.165) is 17.1 Å². The van der Waals surface area contributed by atoms with Crippen molar-refractivity contribution in [1.82, 2.24) is 20.0 Å². The molecule has 2 heterocycles. The number of nitrogens with one attached hydrogen (secondary N) is 1. The summed E-state index contributed by atoms with van der Waals surface area (Å²) in [5.41, 5.74) is 2.06. The molecule has 2 amide bonds. The number of carbonyl (C=O) groups is 2. The van der Waals surface area contributed by atoms with Gasteiger partial charge in [-0.2, -0.15) is 5.10 Å². The van der Waals surface area contributed by atoms with Crippen molar-refractivity contribution >= 4 is 12.0 Å². The van der Waals surface area contributed by atoms with Gasteiger partial charge >= 0.3 is 6.09 Å². The standard InChI is InChI=1S/C20H26N4O4/c1-4-28-20(26)23-10-8-15(9-11-23)21-19(25)18-12-14(2)24(22-18)16-6-5-7-17(13-16)27-3/h5-7,12-13,15H,4,8-11H2,1-3H3,(H,21,25). The molecule has 0 radical (unpaired) electrons. The normalized spacial score (nSPS) is 14.6. The molecule has 0 unspecified atom stereocenters. The second-order valence-corrected chi connectivity index (χ2v) is 6.72. The largest absolute Gasteiger partial charge is 0.497 e. The summed E-state index contributed by atoms with van der Waals surface area (Å²) < 4.78 is 12.0. The quantitative estimate of drug-likeness (QED) is 0.853. The van der Waals surface area contributed by atoms with Crippen molar-refractivity contribution in [3.8, 4) is 11.4 Å². The third-order valence-corrected chi connectivity index (χ3v) is 4.77. The Morgan fingerprint density at radius 3 is 2.68 bits per heavy atom. The highest BCUT2D eigenvalue weighted by Gasteiger charge is 2.25. The molecule has 0 bridgehead atoms. The summed E-state index contributed by atoms with van der Waals surface area (Å²) >= 11 is 0. The first-order valence-corrected chi connectivity index (χ1v) is 9.45. The maximum absolute atomic E-state index is 12.6. The number of rotatable bonds is 5. The molecule has 1 fully saturated rings. The SMILES string of the molecule is CCOC(=O)N1CCC(NC(=O)c2cc(C)n(-c3cccc(OC)c3)n2)CC1. The van der Waals surface area contributed by atoms with Gasteiger partial charge in [0.15, 0.2) is 5.69 Å². The molecule has 3 rings (SSSR count). The van der Waals surface area contributed by atoms with Crippen LogP contribution in [0, 0.1) is 6.92 Å². The van der Waals surface area contributed by atoms with Crippen molar-refractivity contribution in [3.05, 3.63) is 41.7 Å². The monoisotopic (exact) mass is 386 g/mol. The van der Waals surface area contributed by atoms with Crippen LogP contribution in [0.3, 0.4) is 0 Å². The molecule has 0 aliphatic carbocycles. The topological polar surface area (TPSA) is 85.7 Å². The number of nitrogens with zero attached hydrogens (tertiary/aromatic N) is 3. The number of aryl methyl sites for hydroxylation is 1.